The predicted molar refractivity (Wildman–Crippen MR) is 75.1 cm³/mol. The Balaban J connectivity index is 2.74. The van der Waals surface area contributed by atoms with Crippen LogP contribution in [0.4, 0.5) is 0 Å². The molecule has 0 aliphatic carbocycles. The smallest absolute Gasteiger partial charge is 0.211 e. The summed E-state index contributed by atoms with van der Waals surface area (Å²) in [7, 11) is -6.45. The van der Waals surface area contributed by atoms with Crippen molar-refractivity contribution in [2.45, 2.75) is 31.7 Å². The third-order valence-corrected chi connectivity index (χ3v) is 5.91. The Bertz CT molecular complexity index is 604. The molecule has 1 N–H and O–H groups in total. The lowest BCUT2D eigenvalue weighted by Crippen LogP contribution is -2.25. The molecular formula is C12H19NO4S2. The van der Waals surface area contributed by atoms with Crippen LogP contribution in [0.3, 0.4) is 0 Å². The first kappa shape index (κ1) is 16.1. The maximum absolute atomic E-state index is 11.6. The number of hydrogen-bond donors (Lipinski definition) is 1. The van der Waals surface area contributed by atoms with Gasteiger partial charge in [-0.1, -0.05) is 26.0 Å². The van der Waals surface area contributed by atoms with Gasteiger partial charge in [0.2, 0.25) is 10.0 Å². The van der Waals surface area contributed by atoms with E-state index in [0.717, 1.165) is 5.56 Å². The SMILES string of the molecule is CCCS(=O)(=O)NCc1ccc(S(=O)(=O)CC)cc1. The van der Waals surface area contributed by atoms with E-state index in [1.54, 1.807) is 26.0 Å². The van der Waals surface area contributed by atoms with Gasteiger partial charge in [0, 0.05) is 6.54 Å². The van der Waals surface area contributed by atoms with Crippen molar-refractivity contribution in [3.05, 3.63) is 29.8 Å². The van der Waals surface area contributed by atoms with Crippen LogP contribution in [0.15, 0.2) is 29.2 Å². The van der Waals surface area contributed by atoms with Gasteiger partial charge in [-0.2, -0.15) is 0 Å². The molecule has 19 heavy (non-hydrogen) atoms. The van der Waals surface area contributed by atoms with E-state index in [2.05, 4.69) is 4.72 Å². The Morgan fingerprint density at radius 2 is 1.58 bits per heavy atom. The first-order chi connectivity index (χ1) is 8.80. The van der Waals surface area contributed by atoms with Gasteiger partial charge < -0.3 is 0 Å². The molecule has 0 radical (unpaired) electrons. The lowest BCUT2D eigenvalue weighted by molar-refractivity contribution is 0.579. The van der Waals surface area contributed by atoms with Gasteiger partial charge in [0.05, 0.1) is 16.4 Å². The first-order valence-electron chi connectivity index (χ1n) is 6.09. The molecule has 0 amide bonds. The maximum atomic E-state index is 11.6. The second kappa shape index (κ2) is 6.49. The molecule has 0 aromatic heterocycles. The van der Waals surface area contributed by atoms with Gasteiger partial charge in [-0.25, -0.2) is 21.6 Å². The van der Waals surface area contributed by atoms with Gasteiger partial charge in [0.15, 0.2) is 9.84 Å². The van der Waals surface area contributed by atoms with E-state index >= 15 is 0 Å². The number of rotatable bonds is 7. The van der Waals surface area contributed by atoms with Crippen molar-refractivity contribution in [2.75, 3.05) is 11.5 Å². The lowest BCUT2D eigenvalue weighted by Gasteiger charge is -2.06. The molecule has 0 aliphatic rings. The van der Waals surface area contributed by atoms with Gasteiger partial charge in [0.25, 0.3) is 0 Å². The lowest BCUT2D eigenvalue weighted by atomic mass is 10.2. The largest absolute Gasteiger partial charge is 0.224 e. The Labute approximate surface area is 115 Å². The fourth-order valence-corrected chi connectivity index (χ4v) is 3.47. The van der Waals surface area contributed by atoms with Gasteiger partial charge in [0.1, 0.15) is 0 Å². The number of benzene rings is 1. The molecule has 0 spiro atoms. The molecule has 108 valence electrons. The number of sulfonamides is 1. The average molecular weight is 305 g/mol. The predicted octanol–water partition coefficient (Wildman–Crippen LogP) is 1.31. The zero-order valence-electron chi connectivity index (χ0n) is 11.1. The summed E-state index contributed by atoms with van der Waals surface area (Å²) in [5.41, 5.74) is 0.731. The molecule has 0 aliphatic heterocycles. The normalized spacial score (nSPS) is 12.5. The van der Waals surface area contributed by atoms with Crippen molar-refractivity contribution in [1.29, 1.82) is 0 Å². The van der Waals surface area contributed by atoms with Gasteiger partial charge in [-0.05, 0) is 24.1 Å². The first-order valence-corrected chi connectivity index (χ1v) is 9.40. The Hall–Kier alpha value is -0.920. The van der Waals surface area contributed by atoms with Crippen molar-refractivity contribution in [1.82, 2.24) is 4.72 Å². The summed E-state index contributed by atoms with van der Waals surface area (Å²) in [6.45, 7) is 3.56. The molecule has 7 heteroatoms. The summed E-state index contributed by atoms with van der Waals surface area (Å²) in [6, 6.07) is 6.25. The van der Waals surface area contributed by atoms with Crippen molar-refractivity contribution in [3.8, 4) is 0 Å². The summed E-state index contributed by atoms with van der Waals surface area (Å²) in [5, 5.41) is 0. The third-order valence-electron chi connectivity index (χ3n) is 2.63. The van der Waals surface area contributed by atoms with Gasteiger partial charge in [-0.15, -0.1) is 0 Å². The van der Waals surface area contributed by atoms with E-state index in [9.17, 15) is 16.8 Å². The monoisotopic (exact) mass is 305 g/mol. The van der Waals surface area contributed by atoms with Gasteiger partial charge in [-0.3, -0.25) is 0 Å². The second-order valence-corrected chi connectivity index (χ2v) is 8.39. The van der Waals surface area contributed by atoms with Crippen molar-refractivity contribution >= 4 is 19.9 Å². The van der Waals surface area contributed by atoms with E-state index in [4.69, 9.17) is 0 Å². The summed E-state index contributed by atoms with van der Waals surface area (Å²) < 4.78 is 48.6. The Morgan fingerprint density at radius 3 is 2.05 bits per heavy atom. The highest BCUT2D eigenvalue weighted by Gasteiger charge is 2.11. The van der Waals surface area contributed by atoms with Crippen LogP contribution >= 0.6 is 0 Å². The zero-order valence-corrected chi connectivity index (χ0v) is 12.7. The summed E-state index contributed by atoms with van der Waals surface area (Å²) in [6.07, 6.45) is 0.559. The molecule has 0 saturated carbocycles. The zero-order chi connectivity index (χ0) is 14.5. The summed E-state index contributed by atoms with van der Waals surface area (Å²) in [4.78, 5) is 0.259. The van der Waals surface area contributed by atoms with E-state index in [-0.39, 0.29) is 22.9 Å². The van der Waals surface area contributed by atoms with Crippen molar-refractivity contribution < 1.29 is 16.8 Å². The molecule has 0 unspecified atom stereocenters. The van der Waals surface area contributed by atoms with Gasteiger partial charge >= 0.3 is 0 Å². The van der Waals surface area contributed by atoms with Crippen molar-refractivity contribution in [3.63, 3.8) is 0 Å². The average Bonchev–Trinajstić information content (AvgIpc) is 2.37. The fraction of sp³-hybridized carbons (Fsp3) is 0.500. The molecule has 0 fully saturated rings. The highest BCUT2D eigenvalue weighted by atomic mass is 32.2. The fourth-order valence-electron chi connectivity index (χ4n) is 1.52. The van der Waals surface area contributed by atoms with Crippen LogP contribution in [-0.4, -0.2) is 28.3 Å². The quantitative estimate of drug-likeness (QED) is 0.823. The van der Waals surface area contributed by atoms with Crippen LogP contribution in [0.25, 0.3) is 0 Å². The van der Waals surface area contributed by atoms with Crippen molar-refractivity contribution in [2.24, 2.45) is 0 Å². The van der Waals surface area contributed by atoms with E-state index in [0.29, 0.717) is 6.42 Å². The molecule has 1 aromatic carbocycles. The molecule has 0 atom stereocenters. The second-order valence-electron chi connectivity index (χ2n) is 4.19. The molecule has 1 rings (SSSR count). The minimum absolute atomic E-state index is 0.0511. The van der Waals surface area contributed by atoms with Crippen LogP contribution in [0.2, 0.25) is 0 Å². The van der Waals surface area contributed by atoms with Crippen LogP contribution in [-0.2, 0) is 26.4 Å². The Morgan fingerprint density at radius 1 is 1.00 bits per heavy atom. The van der Waals surface area contributed by atoms with Crippen LogP contribution < -0.4 is 4.72 Å². The molecule has 0 heterocycles. The van der Waals surface area contributed by atoms with E-state index in [1.165, 1.54) is 12.1 Å². The van der Waals surface area contributed by atoms with Crippen LogP contribution in [0, 0.1) is 0 Å². The summed E-state index contributed by atoms with van der Waals surface area (Å²) in [5.74, 6) is 0.144. The molecule has 0 saturated heterocycles. The Kier molecular flexibility index (Phi) is 5.51. The number of sulfone groups is 1. The standard InChI is InChI=1S/C12H19NO4S2/c1-3-9-19(16,17)13-10-11-5-7-12(8-6-11)18(14,15)4-2/h5-8,13H,3-4,9-10H2,1-2H3. The molecule has 5 nitrogen and oxygen atoms in total. The highest BCUT2D eigenvalue weighted by Crippen LogP contribution is 2.12. The van der Waals surface area contributed by atoms with E-state index < -0.39 is 19.9 Å². The minimum Gasteiger partial charge on any atom is -0.224 e. The summed E-state index contributed by atoms with van der Waals surface area (Å²) >= 11 is 0. The van der Waals surface area contributed by atoms with Crippen LogP contribution in [0.5, 0.6) is 0 Å². The minimum atomic E-state index is -3.24. The highest BCUT2D eigenvalue weighted by molar-refractivity contribution is 7.91. The molecular weight excluding hydrogens is 286 g/mol. The van der Waals surface area contributed by atoms with Crippen LogP contribution in [0.1, 0.15) is 25.8 Å². The maximum Gasteiger partial charge on any atom is 0.211 e. The topological polar surface area (TPSA) is 80.3 Å². The third kappa shape index (κ3) is 4.93. The number of hydrogen-bond acceptors (Lipinski definition) is 4. The molecule has 0 bridgehead atoms. The number of nitrogens with one attached hydrogen (secondary N) is 1. The van der Waals surface area contributed by atoms with E-state index in [1.807, 2.05) is 0 Å². The molecule has 1 aromatic rings.